The van der Waals surface area contributed by atoms with E-state index in [1.54, 1.807) is 18.3 Å². The second kappa shape index (κ2) is 6.22. The molecule has 0 unspecified atom stereocenters. The number of nitrogen functional groups attached to an aromatic ring is 1. The Morgan fingerprint density at radius 2 is 1.96 bits per heavy atom. The molecule has 0 saturated carbocycles. The average molecular weight is 340 g/mol. The van der Waals surface area contributed by atoms with Gasteiger partial charge >= 0.3 is 0 Å². The summed E-state index contributed by atoms with van der Waals surface area (Å²) in [7, 11) is 0. The first kappa shape index (κ1) is 15.7. The highest BCUT2D eigenvalue weighted by molar-refractivity contribution is 5.76. The van der Waals surface area contributed by atoms with E-state index in [0.29, 0.717) is 11.4 Å². The highest BCUT2D eigenvalue weighted by atomic mass is 15.1. The van der Waals surface area contributed by atoms with Gasteiger partial charge in [0.25, 0.3) is 0 Å². The van der Waals surface area contributed by atoms with E-state index in [9.17, 15) is 0 Å². The van der Waals surface area contributed by atoms with Gasteiger partial charge in [0.1, 0.15) is 0 Å². The largest absolute Gasteiger partial charge is 0.398 e. The van der Waals surface area contributed by atoms with Crippen molar-refractivity contribution in [1.82, 2.24) is 14.4 Å². The summed E-state index contributed by atoms with van der Waals surface area (Å²) in [6.45, 7) is 1.98. The topological polar surface area (TPSA) is 92.0 Å². The molecule has 2 aromatic carbocycles. The molecule has 6 heteroatoms. The van der Waals surface area contributed by atoms with Crippen LogP contribution in [0.1, 0.15) is 11.1 Å². The van der Waals surface area contributed by atoms with Gasteiger partial charge < -0.3 is 15.5 Å². The van der Waals surface area contributed by atoms with Crippen LogP contribution in [0.15, 0.2) is 61.1 Å². The highest BCUT2D eigenvalue weighted by Crippen LogP contribution is 2.28. The van der Waals surface area contributed by atoms with Crippen molar-refractivity contribution in [2.24, 2.45) is 0 Å². The molecule has 0 amide bonds. The van der Waals surface area contributed by atoms with Crippen molar-refractivity contribution in [3.8, 4) is 17.3 Å². The van der Waals surface area contributed by atoms with E-state index in [-0.39, 0.29) is 0 Å². The van der Waals surface area contributed by atoms with Crippen LogP contribution >= 0.6 is 0 Å². The van der Waals surface area contributed by atoms with Crippen molar-refractivity contribution in [2.75, 3.05) is 11.1 Å². The van der Waals surface area contributed by atoms with Crippen molar-refractivity contribution in [3.63, 3.8) is 0 Å². The molecule has 0 radical (unpaired) electrons. The molecule has 4 rings (SSSR count). The van der Waals surface area contributed by atoms with E-state index in [0.717, 1.165) is 33.8 Å². The van der Waals surface area contributed by atoms with Gasteiger partial charge in [-0.25, -0.2) is 9.97 Å². The van der Waals surface area contributed by atoms with Gasteiger partial charge in [0.15, 0.2) is 11.5 Å². The maximum atomic E-state index is 8.94. The molecule has 0 aliphatic heterocycles. The molecule has 2 heterocycles. The van der Waals surface area contributed by atoms with E-state index in [2.05, 4.69) is 16.4 Å². The summed E-state index contributed by atoms with van der Waals surface area (Å²) in [6.07, 6.45) is 5.55. The van der Waals surface area contributed by atoms with Gasteiger partial charge in [0.05, 0.1) is 17.3 Å². The van der Waals surface area contributed by atoms with Crippen LogP contribution in [-0.2, 0) is 0 Å². The lowest BCUT2D eigenvalue weighted by molar-refractivity contribution is 1.13. The minimum absolute atomic E-state index is 0.610. The Labute approximate surface area is 150 Å². The predicted octanol–water partition coefficient (Wildman–Crippen LogP) is 3.90. The fraction of sp³-hybridized carbons (Fsp3) is 0.0500. The normalized spacial score (nSPS) is 10.6. The molecule has 0 aliphatic rings. The zero-order valence-corrected chi connectivity index (χ0v) is 14.1. The molecule has 3 N–H and O–H groups in total. The zero-order chi connectivity index (χ0) is 18.1. The Morgan fingerprint density at radius 1 is 1.15 bits per heavy atom. The number of rotatable bonds is 3. The first-order valence-electron chi connectivity index (χ1n) is 8.12. The Hall–Kier alpha value is -3.85. The number of hydrogen-bond acceptors (Lipinski definition) is 5. The molecular weight excluding hydrogens is 324 g/mol. The monoisotopic (exact) mass is 340 g/mol. The van der Waals surface area contributed by atoms with E-state index in [4.69, 9.17) is 16.0 Å². The number of fused-ring (bicyclic) bond motifs is 1. The Bertz CT molecular complexity index is 1140. The quantitative estimate of drug-likeness (QED) is 0.552. The number of nitrogens with two attached hydrogens (primary N) is 1. The van der Waals surface area contributed by atoms with E-state index < -0.39 is 0 Å². The highest BCUT2D eigenvalue weighted by Gasteiger charge is 2.12. The second-order valence-corrected chi connectivity index (χ2v) is 5.97. The first-order chi connectivity index (χ1) is 12.7. The standard InChI is InChI=1S/C20H16N6/c1-13-16(3-2-4-17(13)22)18-12-26-10-9-23-20(26)19(25-18)24-15-7-5-14(11-21)6-8-15/h2-10,12H,22H2,1H3,(H,24,25). The van der Waals surface area contributed by atoms with Gasteiger partial charge in [-0.2, -0.15) is 5.26 Å². The van der Waals surface area contributed by atoms with Crippen molar-refractivity contribution in [3.05, 3.63) is 72.2 Å². The van der Waals surface area contributed by atoms with Crippen LogP contribution < -0.4 is 11.1 Å². The van der Waals surface area contributed by atoms with E-state index in [1.807, 2.05) is 54.0 Å². The molecule has 0 spiro atoms. The van der Waals surface area contributed by atoms with Crippen molar-refractivity contribution < 1.29 is 0 Å². The molecule has 0 saturated heterocycles. The van der Waals surface area contributed by atoms with Crippen LogP contribution in [0.5, 0.6) is 0 Å². The lowest BCUT2D eigenvalue weighted by atomic mass is 10.0. The first-order valence-corrected chi connectivity index (χ1v) is 8.12. The van der Waals surface area contributed by atoms with E-state index in [1.165, 1.54) is 0 Å². The third-order valence-corrected chi connectivity index (χ3v) is 4.30. The fourth-order valence-electron chi connectivity index (χ4n) is 2.84. The molecule has 0 bridgehead atoms. The average Bonchev–Trinajstić information content (AvgIpc) is 3.13. The third-order valence-electron chi connectivity index (χ3n) is 4.30. The number of benzene rings is 2. The zero-order valence-electron chi connectivity index (χ0n) is 14.1. The van der Waals surface area contributed by atoms with Crippen LogP contribution in [0.3, 0.4) is 0 Å². The summed E-state index contributed by atoms with van der Waals surface area (Å²) in [5, 5.41) is 12.2. The number of nitrogens with one attached hydrogen (secondary N) is 1. The number of anilines is 3. The van der Waals surface area contributed by atoms with Crippen molar-refractivity contribution >= 4 is 22.8 Å². The lowest BCUT2D eigenvalue weighted by Gasteiger charge is -2.12. The SMILES string of the molecule is Cc1c(N)cccc1-c1cn2ccnc2c(Nc2ccc(C#N)cc2)n1. The van der Waals surface area contributed by atoms with Crippen molar-refractivity contribution in [1.29, 1.82) is 5.26 Å². The summed E-state index contributed by atoms with van der Waals surface area (Å²) in [6, 6.07) is 15.1. The molecule has 6 nitrogen and oxygen atoms in total. The smallest absolute Gasteiger partial charge is 0.180 e. The van der Waals surface area contributed by atoms with Crippen LogP contribution in [0, 0.1) is 18.3 Å². The van der Waals surface area contributed by atoms with Gasteiger partial charge in [-0.15, -0.1) is 0 Å². The summed E-state index contributed by atoms with van der Waals surface area (Å²) in [5.41, 5.74) is 11.7. The molecule has 4 aromatic rings. The molecule has 26 heavy (non-hydrogen) atoms. The summed E-state index contributed by atoms with van der Waals surface area (Å²) >= 11 is 0. The second-order valence-electron chi connectivity index (χ2n) is 5.97. The van der Waals surface area contributed by atoms with Crippen LogP contribution in [0.4, 0.5) is 17.2 Å². The molecule has 126 valence electrons. The van der Waals surface area contributed by atoms with Gasteiger partial charge in [0, 0.05) is 35.5 Å². The Morgan fingerprint density at radius 3 is 2.73 bits per heavy atom. The summed E-state index contributed by atoms with van der Waals surface area (Å²) < 4.78 is 1.93. The van der Waals surface area contributed by atoms with Crippen LogP contribution in [0.25, 0.3) is 16.9 Å². The fourth-order valence-corrected chi connectivity index (χ4v) is 2.84. The maximum absolute atomic E-state index is 8.94. The van der Waals surface area contributed by atoms with E-state index >= 15 is 0 Å². The molecule has 2 aromatic heterocycles. The molecular formula is C20H16N6. The third kappa shape index (κ3) is 2.72. The molecule has 0 aliphatic carbocycles. The Balaban J connectivity index is 1.82. The molecule has 0 atom stereocenters. The summed E-state index contributed by atoms with van der Waals surface area (Å²) in [5.74, 6) is 0.638. The summed E-state index contributed by atoms with van der Waals surface area (Å²) in [4.78, 5) is 9.15. The Kier molecular flexibility index (Phi) is 3.75. The number of hydrogen-bond donors (Lipinski definition) is 2. The van der Waals surface area contributed by atoms with Crippen molar-refractivity contribution in [2.45, 2.75) is 6.92 Å². The van der Waals surface area contributed by atoms with Crippen LogP contribution in [-0.4, -0.2) is 14.4 Å². The molecule has 0 fully saturated rings. The number of nitrogens with zero attached hydrogens (tertiary/aromatic N) is 4. The minimum Gasteiger partial charge on any atom is -0.398 e. The van der Waals surface area contributed by atoms with Gasteiger partial charge in [0.2, 0.25) is 0 Å². The predicted molar refractivity (Wildman–Crippen MR) is 102 cm³/mol. The van der Waals surface area contributed by atoms with Crippen LogP contribution in [0.2, 0.25) is 0 Å². The lowest BCUT2D eigenvalue weighted by Crippen LogP contribution is -2.01. The van der Waals surface area contributed by atoms with Gasteiger partial charge in [-0.05, 0) is 42.8 Å². The maximum Gasteiger partial charge on any atom is 0.180 e. The van der Waals surface area contributed by atoms with Gasteiger partial charge in [-0.1, -0.05) is 12.1 Å². The number of aromatic nitrogens is 3. The number of imidazole rings is 1. The minimum atomic E-state index is 0.610. The number of nitriles is 1. The van der Waals surface area contributed by atoms with Gasteiger partial charge in [-0.3, -0.25) is 0 Å².